The van der Waals surface area contributed by atoms with Crippen molar-refractivity contribution in [2.24, 2.45) is 5.92 Å². The lowest BCUT2D eigenvalue weighted by atomic mass is 10.0. The van der Waals surface area contributed by atoms with Gasteiger partial charge >= 0.3 is 0 Å². The number of nitrogens with zero attached hydrogens (tertiary/aromatic N) is 2. The van der Waals surface area contributed by atoms with Crippen LogP contribution in [0.5, 0.6) is 0 Å². The minimum absolute atomic E-state index is 0.0110. The topological polar surface area (TPSA) is 58.4 Å². The Labute approximate surface area is 118 Å². The summed E-state index contributed by atoms with van der Waals surface area (Å²) >= 11 is 5.80. The first-order chi connectivity index (χ1) is 8.81. The van der Waals surface area contributed by atoms with E-state index in [2.05, 4.69) is 24.1 Å². The van der Waals surface area contributed by atoms with E-state index in [9.17, 15) is 10.1 Å². The van der Waals surface area contributed by atoms with Gasteiger partial charge in [-0.3, -0.25) is 10.1 Å². The molecule has 0 saturated heterocycles. The Balaban J connectivity index is 2.99. The highest BCUT2D eigenvalue weighted by Crippen LogP contribution is 2.29. The van der Waals surface area contributed by atoms with Crippen molar-refractivity contribution in [3.05, 3.63) is 33.3 Å². The number of hydrogen-bond acceptors (Lipinski definition) is 4. The lowest BCUT2D eigenvalue weighted by Crippen LogP contribution is -2.36. The van der Waals surface area contributed by atoms with E-state index in [0.29, 0.717) is 16.6 Å². The van der Waals surface area contributed by atoms with Crippen LogP contribution in [0.25, 0.3) is 0 Å². The lowest BCUT2D eigenvalue weighted by molar-refractivity contribution is -0.384. The Kier molecular flexibility index (Phi) is 5.57. The fourth-order valence-electron chi connectivity index (χ4n) is 1.79. The Hall–Kier alpha value is -1.33. The van der Waals surface area contributed by atoms with Crippen LogP contribution in [0.2, 0.25) is 5.02 Å². The summed E-state index contributed by atoms with van der Waals surface area (Å²) in [6.07, 6.45) is 0. The van der Waals surface area contributed by atoms with Crippen LogP contribution in [-0.4, -0.2) is 36.5 Å². The standard InChI is InChI=1S/C13H20ClN3O2/c1-9(2)12(8-16(3)4)15-11-6-5-10(14)7-13(11)17(18)19/h5-7,9,12,15H,8H2,1-4H3. The quantitative estimate of drug-likeness (QED) is 0.644. The number of nitro benzene ring substituents is 1. The zero-order chi connectivity index (χ0) is 14.6. The fourth-order valence-corrected chi connectivity index (χ4v) is 1.96. The van der Waals surface area contributed by atoms with E-state index in [0.717, 1.165) is 6.54 Å². The number of nitro groups is 1. The van der Waals surface area contributed by atoms with Gasteiger partial charge in [-0.2, -0.15) is 0 Å². The molecule has 1 rings (SSSR count). The molecule has 0 aliphatic carbocycles. The number of likely N-dealkylation sites (N-methyl/N-ethyl adjacent to an activating group) is 1. The van der Waals surface area contributed by atoms with Gasteiger partial charge in [0.2, 0.25) is 0 Å². The van der Waals surface area contributed by atoms with E-state index in [1.54, 1.807) is 12.1 Å². The van der Waals surface area contributed by atoms with E-state index in [1.807, 2.05) is 14.1 Å². The van der Waals surface area contributed by atoms with E-state index < -0.39 is 4.92 Å². The molecule has 0 amide bonds. The molecule has 1 unspecified atom stereocenters. The molecule has 0 bridgehead atoms. The van der Waals surface area contributed by atoms with Crippen molar-refractivity contribution in [1.29, 1.82) is 0 Å². The largest absolute Gasteiger partial charge is 0.375 e. The molecule has 1 atom stereocenters. The molecule has 19 heavy (non-hydrogen) atoms. The van der Waals surface area contributed by atoms with Crippen LogP contribution in [0.1, 0.15) is 13.8 Å². The summed E-state index contributed by atoms with van der Waals surface area (Å²) in [4.78, 5) is 12.7. The molecule has 0 aromatic heterocycles. The van der Waals surface area contributed by atoms with Crippen LogP contribution in [0.4, 0.5) is 11.4 Å². The summed E-state index contributed by atoms with van der Waals surface area (Å²) in [6.45, 7) is 4.98. The monoisotopic (exact) mass is 285 g/mol. The van der Waals surface area contributed by atoms with E-state index in [-0.39, 0.29) is 11.7 Å². The Morgan fingerprint density at radius 1 is 1.42 bits per heavy atom. The van der Waals surface area contributed by atoms with Gasteiger partial charge in [0.1, 0.15) is 5.69 Å². The molecule has 1 aromatic carbocycles. The van der Waals surface area contributed by atoms with Gasteiger partial charge in [0.05, 0.1) is 4.92 Å². The average Bonchev–Trinajstić information content (AvgIpc) is 2.29. The van der Waals surface area contributed by atoms with E-state index >= 15 is 0 Å². The number of rotatable bonds is 6. The van der Waals surface area contributed by atoms with E-state index in [4.69, 9.17) is 11.6 Å². The molecule has 1 aromatic rings. The van der Waals surface area contributed by atoms with Gasteiger partial charge in [0.25, 0.3) is 5.69 Å². The third-order valence-corrected chi connectivity index (χ3v) is 3.10. The molecular weight excluding hydrogens is 266 g/mol. The Morgan fingerprint density at radius 3 is 2.53 bits per heavy atom. The third-order valence-electron chi connectivity index (χ3n) is 2.86. The SMILES string of the molecule is CC(C)C(CN(C)C)Nc1ccc(Cl)cc1[N+](=O)[O-]. The maximum Gasteiger partial charge on any atom is 0.293 e. The second-order valence-corrected chi connectivity index (χ2v) is 5.61. The van der Waals surface area contributed by atoms with Crippen LogP contribution in [0.3, 0.4) is 0 Å². The van der Waals surface area contributed by atoms with Gasteiger partial charge in [0, 0.05) is 23.7 Å². The number of benzene rings is 1. The van der Waals surface area contributed by atoms with Crippen LogP contribution in [0, 0.1) is 16.0 Å². The predicted octanol–water partition coefficient (Wildman–Crippen LogP) is 3.25. The van der Waals surface area contributed by atoms with Crippen LogP contribution in [0.15, 0.2) is 18.2 Å². The minimum atomic E-state index is -0.415. The molecule has 0 aliphatic heterocycles. The lowest BCUT2D eigenvalue weighted by Gasteiger charge is -2.26. The predicted molar refractivity (Wildman–Crippen MR) is 78.9 cm³/mol. The fraction of sp³-hybridized carbons (Fsp3) is 0.538. The van der Waals surface area contributed by atoms with Crippen molar-refractivity contribution in [2.45, 2.75) is 19.9 Å². The molecule has 5 nitrogen and oxygen atoms in total. The van der Waals surface area contributed by atoms with Crippen molar-refractivity contribution >= 4 is 23.0 Å². The van der Waals surface area contributed by atoms with Crippen molar-refractivity contribution in [3.63, 3.8) is 0 Å². The summed E-state index contributed by atoms with van der Waals surface area (Å²) in [7, 11) is 3.96. The summed E-state index contributed by atoms with van der Waals surface area (Å²) < 4.78 is 0. The van der Waals surface area contributed by atoms with Crippen LogP contribution < -0.4 is 5.32 Å². The first kappa shape index (κ1) is 15.7. The Morgan fingerprint density at radius 2 is 2.05 bits per heavy atom. The van der Waals surface area contributed by atoms with Gasteiger partial charge in [-0.25, -0.2) is 0 Å². The number of anilines is 1. The van der Waals surface area contributed by atoms with Crippen molar-refractivity contribution in [3.8, 4) is 0 Å². The summed E-state index contributed by atoms with van der Waals surface area (Å²) in [5, 5.41) is 14.7. The molecular formula is C13H20ClN3O2. The minimum Gasteiger partial charge on any atom is -0.375 e. The highest BCUT2D eigenvalue weighted by molar-refractivity contribution is 6.30. The summed E-state index contributed by atoms with van der Waals surface area (Å²) in [5.74, 6) is 0.359. The Bertz CT molecular complexity index is 450. The highest BCUT2D eigenvalue weighted by atomic mass is 35.5. The van der Waals surface area contributed by atoms with Crippen molar-refractivity contribution < 1.29 is 4.92 Å². The zero-order valence-corrected chi connectivity index (χ0v) is 12.4. The van der Waals surface area contributed by atoms with Crippen molar-refractivity contribution in [1.82, 2.24) is 4.90 Å². The summed E-state index contributed by atoms with van der Waals surface area (Å²) in [5.41, 5.74) is 0.520. The maximum atomic E-state index is 11.0. The van der Waals surface area contributed by atoms with Gasteiger partial charge in [-0.15, -0.1) is 0 Å². The smallest absolute Gasteiger partial charge is 0.293 e. The van der Waals surface area contributed by atoms with Gasteiger partial charge in [-0.1, -0.05) is 25.4 Å². The first-order valence-corrected chi connectivity index (χ1v) is 6.54. The normalized spacial score (nSPS) is 12.8. The number of hydrogen-bond donors (Lipinski definition) is 1. The first-order valence-electron chi connectivity index (χ1n) is 6.16. The molecule has 0 radical (unpaired) electrons. The second kappa shape index (κ2) is 6.73. The molecule has 106 valence electrons. The summed E-state index contributed by atoms with van der Waals surface area (Å²) in [6, 6.07) is 4.82. The zero-order valence-electron chi connectivity index (χ0n) is 11.7. The van der Waals surface area contributed by atoms with Gasteiger partial charge in [-0.05, 0) is 32.1 Å². The number of halogens is 1. The van der Waals surface area contributed by atoms with Gasteiger partial charge in [0.15, 0.2) is 0 Å². The molecule has 0 fully saturated rings. The van der Waals surface area contributed by atoms with Crippen molar-refractivity contribution in [2.75, 3.05) is 26.0 Å². The molecule has 0 saturated carbocycles. The second-order valence-electron chi connectivity index (χ2n) is 5.18. The van der Waals surface area contributed by atoms with Gasteiger partial charge < -0.3 is 10.2 Å². The van der Waals surface area contributed by atoms with Crippen LogP contribution in [-0.2, 0) is 0 Å². The molecule has 0 aliphatic rings. The molecule has 0 spiro atoms. The maximum absolute atomic E-state index is 11.0. The molecule has 1 N–H and O–H groups in total. The number of nitrogens with one attached hydrogen (secondary N) is 1. The average molecular weight is 286 g/mol. The highest BCUT2D eigenvalue weighted by Gasteiger charge is 2.20. The van der Waals surface area contributed by atoms with E-state index in [1.165, 1.54) is 6.07 Å². The van der Waals surface area contributed by atoms with Crippen LogP contribution >= 0.6 is 11.6 Å². The third kappa shape index (κ3) is 4.69. The molecule has 6 heteroatoms. The molecule has 0 heterocycles.